The lowest BCUT2D eigenvalue weighted by molar-refractivity contribution is -0.137. The molecule has 1 aromatic rings. The van der Waals surface area contributed by atoms with E-state index >= 15 is 0 Å². The van der Waals surface area contributed by atoms with Crippen molar-refractivity contribution in [1.29, 1.82) is 0 Å². The fraction of sp³-hybridized carbons (Fsp3) is 0.500. The SMILES string of the molecule is C[C@@H]1C[C@@H](C)CN(C(=O)[C@H](CC(N)=O)NC(=O)c2ccccc2Cl)C1. The lowest BCUT2D eigenvalue weighted by atomic mass is 9.91. The summed E-state index contributed by atoms with van der Waals surface area (Å²) in [4.78, 5) is 38.4. The number of likely N-dealkylation sites (tertiary alicyclic amines) is 1. The molecule has 0 aromatic heterocycles. The highest BCUT2D eigenvalue weighted by molar-refractivity contribution is 6.33. The van der Waals surface area contributed by atoms with Crippen molar-refractivity contribution in [3.8, 4) is 0 Å². The molecule has 6 nitrogen and oxygen atoms in total. The van der Waals surface area contributed by atoms with Crippen LogP contribution in [0.15, 0.2) is 24.3 Å². The highest BCUT2D eigenvalue weighted by Gasteiger charge is 2.32. The third-order valence-electron chi connectivity index (χ3n) is 4.31. The number of halogens is 1. The molecule has 3 amide bonds. The van der Waals surface area contributed by atoms with E-state index in [0.717, 1.165) is 6.42 Å². The van der Waals surface area contributed by atoms with Gasteiger partial charge in [-0.3, -0.25) is 14.4 Å². The van der Waals surface area contributed by atoms with Gasteiger partial charge in [0.1, 0.15) is 6.04 Å². The monoisotopic (exact) mass is 365 g/mol. The van der Waals surface area contributed by atoms with E-state index in [2.05, 4.69) is 19.2 Å². The van der Waals surface area contributed by atoms with E-state index in [9.17, 15) is 14.4 Å². The van der Waals surface area contributed by atoms with Gasteiger partial charge in [-0.15, -0.1) is 0 Å². The summed E-state index contributed by atoms with van der Waals surface area (Å²) in [6.45, 7) is 5.39. The van der Waals surface area contributed by atoms with Gasteiger partial charge in [-0.05, 0) is 30.4 Å². The Bertz CT molecular complexity index is 655. The van der Waals surface area contributed by atoms with Crippen LogP contribution < -0.4 is 11.1 Å². The number of nitrogens with zero attached hydrogens (tertiary/aromatic N) is 1. The van der Waals surface area contributed by atoms with E-state index in [4.69, 9.17) is 17.3 Å². The number of primary amides is 1. The Labute approximate surface area is 152 Å². The van der Waals surface area contributed by atoms with Gasteiger partial charge < -0.3 is 16.0 Å². The number of piperidine rings is 1. The Morgan fingerprint density at radius 3 is 2.40 bits per heavy atom. The molecule has 2 rings (SSSR count). The zero-order valence-corrected chi connectivity index (χ0v) is 15.3. The maximum absolute atomic E-state index is 12.8. The van der Waals surface area contributed by atoms with Crippen LogP contribution in [0.2, 0.25) is 5.02 Å². The van der Waals surface area contributed by atoms with E-state index in [1.54, 1.807) is 29.2 Å². The summed E-state index contributed by atoms with van der Waals surface area (Å²) >= 11 is 6.03. The minimum Gasteiger partial charge on any atom is -0.370 e. The number of amides is 3. The minimum atomic E-state index is -0.987. The minimum absolute atomic E-state index is 0.242. The molecule has 7 heteroatoms. The zero-order valence-electron chi connectivity index (χ0n) is 14.5. The summed E-state index contributed by atoms with van der Waals surface area (Å²) < 4.78 is 0. The van der Waals surface area contributed by atoms with Crippen LogP contribution in [0, 0.1) is 11.8 Å². The molecule has 3 atom stereocenters. The van der Waals surface area contributed by atoms with E-state index in [1.807, 2.05) is 0 Å². The first-order valence-corrected chi connectivity index (χ1v) is 8.78. The van der Waals surface area contributed by atoms with Gasteiger partial charge in [0.2, 0.25) is 11.8 Å². The molecule has 25 heavy (non-hydrogen) atoms. The zero-order chi connectivity index (χ0) is 18.6. The standard InChI is InChI=1S/C18H24ClN3O3/c1-11-7-12(2)10-22(9-11)18(25)15(8-16(20)23)21-17(24)13-5-3-4-6-14(13)19/h3-6,11-12,15H,7-10H2,1-2H3,(H2,20,23)(H,21,24)/t11-,12-,15+/m1/s1. The predicted octanol–water partition coefficient (Wildman–Crippen LogP) is 1.82. The summed E-state index contributed by atoms with van der Waals surface area (Å²) in [5.74, 6) is -0.667. The second-order valence-electron chi connectivity index (χ2n) is 6.87. The summed E-state index contributed by atoms with van der Waals surface area (Å²) in [6, 6.07) is 5.56. The molecule has 1 aliphatic rings. The van der Waals surface area contributed by atoms with Crippen LogP contribution in [0.1, 0.15) is 37.0 Å². The molecule has 1 heterocycles. The molecule has 1 aliphatic heterocycles. The number of nitrogens with one attached hydrogen (secondary N) is 1. The molecule has 0 bridgehead atoms. The average molecular weight is 366 g/mol. The molecular formula is C18H24ClN3O3. The smallest absolute Gasteiger partial charge is 0.253 e. The van der Waals surface area contributed by atoms with E-state index in [1.165, 1.54) is 0 Å². The number of hydrogen-bond donors (Lipinski definition) is 2. The van der Waals surface area contributed by atoms with Crippen molar-refractivity contribution < 1.29 is 14.4 Å². The molecule has 0 radical (unpaired) electrons. The van der Waals surface area contributed by atoms with Crippen LogP contribution in [0.3, 0.4) is 0 Å². The number of rotatable bonds is 5. The van der Waals surface area contributed by atoms with Crippen LogP contribution >= 0.6 is 11.6 Å². The quantitative estimate of drug-likeness (QED) is 0.833. The number of nitrogens with two attached hydrogens (primary N) is 1. The molecule has 0 aliphatic carbocycles. The van der Waals surface area contributed by atoms with Crippen LogP contribution in [0.25, 0.3) is 0 Å². The van der Waals surface area contributed by atoms with Crippen LogP contribution in [-0.2, 0) is 9.59 Å². The molecule has 3 N–H and O–H groups in total. The Balaban J connectivity index is 2.15. The normalized spacial score (nSPS) is 21.5. The number of carbonyl (C=O) groups excluding carboxylic acids is 3. The molecule has 0 saturated carbocycles. The van der Waals surface area contributed by atoms with Gasteiger partial charge in [0, 0.05) is 13.1 Å². The first-order chi connectivity index (χ1) is 11.8. The number of benzene rings is 1. The Hall–Kier alpha value is -2.08. The van der Waals surface area contributed by atoms with Crippen molar-refractivity contribution in [2.45, 2.75) is 32.7 Å². The molecule has 0 spiro atoms. The third kappa shape index (κ3) is 5.19. The van der Waals surface area contributed by atoms with Gasteiger partial charge in [0.05, 0.1) is 17.0 Å². The van der Waals surface area contributed by atoms with Crippen molar-refractivity contribution in [3.05, 3.63) is 34.9 Å². The summed E-state index contributed by atoms with van der Waals surface area (Å²) in [6.07, 6.45) is 0.810. The summed E-state index contributed by atoms with van der Waals surface area (Å²) in [7, 11) is 0. The lowest BCUT2D eigenvalue weighted by Gasteiger charge is -2.37. The molecular weight excluding hydrogens is 342 g/mol. The Morgan fingerprint density at radius 1 is 1.24 bits per heavy atom. The largest absolute Gasteiger partial charge is 0.370 e. The van der Waals surface area contributed by atoms with Gasteiger partial charge in [-0.2, -0.15) is 0 Å². The van der Waals surface area contributed by atoms with Gasteiger partial charge in [0.25, 0.3) is 5.91 Å². The Kier molecular flexibility index (Phi) is 6.42. The van der Waals surface area contributed by atoms with E-state index in [-0.39, 0.29) is 22.9 Å². The van der Waals surface area contributed by atoms with Crippen LogP contribution in [-0.4, -0.2) is 41.8 Å². The lowest BCUT2D eigenvalue weighted by Crippen LogP contribution is -2.53. The molecule has 1 fully saturated rings. The summed E-state index contributed by atoms with van der Waals surface area (Å²) in [5.41, 5.74) is 5.53. The van der Waals surface area contributed by atoms with Crippen molar-refractivity contribution in [3.63, 3.8) is 0 Å². The second kappa shape index (κ2) is 8.34. The number of carbonyl (C=O) groups is 3. The maximum Gasteiger partial charge on any atom is 0.253 e. The Morgan fingerprint density at radius 2 is 1.84 bits per heavy atom. The number of hydrogen-bond acceptors (Lipinski definition) is 3. The molecule has 136 valence electrons. The average Bonchev–Trinajstić information content (AvgIpc) is 2.52. The molecule has 0 unspecified atom stereocenters. The van der Waals surface area contributed by atoms with E-state index in [0.29, 0.717) is 24.9 Å². The van der Waals surface area contributed by atoms with Crippen LogP contribution in [0.5, 0.6) is 0 Å². The fourth-order valence-corrected chi connectivity index (χ4v) is 3.57. The van der Waals surface area contributed by atoms with Gasteiger partial charge in [0.15, 0.2) is 0 Å². The molecule has 1 aromatic carbocycles. The van der Waals surface area contributed by atoms with Crippen molar-refractivity contribution in [1.82, 2.24) is 10.2 Å². The molecule has 1 saturated heterocycles. The maximum atomic E-state index is 12.8. The van der Waals surface area contributed by atoms with Crippen molar-refractivity contribution in [2.75, 3.05) is 13.1 Å². The predicted molar refractivity (Wildman–Crippen MR) is 96.0 cm³/mol. The topological polar surface area (TPSA) is 92.5 Å². The second-order valence-corrected chi connectivity index (χ2v) is 7.27. The van der Waals surface area contributed by atoms with Gasteiger partial charge in [-0.25, -0.2) is 0 Å². The van der Waals surface area contributed by atoms with Crippen LogP contribution in [0.4, 0.5) is 0 Å². The highest BCUT2D eigenvalue weighted by Crippen LogP contribution is 2.22. The fourth-order valence-electron chi connectivity index (χ4n) is 3.35. The third-order valence-corrected chi connectivity index (χ3v) is 4.64. The van der Waals surface area contributed by atoms with Gasteiger partial charge >= 0.3 is 0 Å². The van der Waals surface area contributed by atoms with Gasteiger partial charge in [-0.1, -0.05) is 37.6 Å². The van der Waals surface area contributed by atoms with Crippen molar-refractivity contribution >= 4 is 29.3 Å². The first-order valence-electron chi connectivity index (χ1n) is 8.40. The van der Waals surface area contributed by atoms with E-state index < -0.39 is 17.9 Å². The highest BCUT2D eigenvalue weighted by atomic mass is 35.5. The first kappa shape index (κ1) is 19.2. The summed E-state index contributed by atoms with van der Waals surface area (Å²) in [5, 5.41) is 2.90. The van der Waals surface area contributed by atoms with Crippen molar-refractivity contribution in [2.24, 2.45) is 17.6 Å².